The molecule has 0 saturated carbocycles. The zero-order valence-corrected chi connectivity index (χ0v) is 12.3. The van der Waals surface area contributed by atoms with E-state index in [9.17, 15) is 9.59 Å². The fraction of sp³-hybridized carbons (Fsp3) is 0.267. The van der Waals surface area contributed by atoms with Crippen LogP contribution in [0.15, 0.2) is 30.3 Å². The minimum absolute atomic E-state index is 0.196. The van der Waals surface area contributed by atoms with E-state index in [0.717, 1.165) is 5.69 Å². The SMILES string of the molecule is Cc1cc(C(=O)Nc2ccc(C(N)=O)cc2)nn1C(C)C. The molecule has 0 saturated heterocycles. The maximum absolute atomic E-state index is 12.1. The summed E-state index contributed by atoms with van der Waals surface area (Å²) in [6.45, 7) is 5.92. The Balaban J connectivity index is 2.14. The van der Waals surface area contributed by atoms with E-state index in [1.807, 2.05) is 20.8 Å². The van der Waals surface area contributed by atoms with Crippen LogP contribution < -0.4 is 11.1 Å². The van der Waals surface area contributed by atoms with Crippen LogP contribution in [-0.2, 0) is 0 Å². The van der Waals surface area contributed by atoms with Crippen molar-refractivity contribution in [2.75, 3.05) is 5.32 Å². The fourth-order valence-electron chi connectivity index (χ4n) is 2.03. The number of amides is 2. The van der Waals surface area contributed by atoms with Crippen LogP contribution in [-0.4, -0.2) is 21.6 Å². The molecular formula is C15H18N4O2. The van der Waals surface area contributed by atoms with Crippen LogP contribution >= 0.6 is 0 Å². The van der Waals surface area contributed by atoms with Gasteiger partial charge in [-0.1, -0.05) is 0 Å². The number of hydrogen-bond donors (Lipinski definition) is 2. The molecule has 0 radical (unpaired) electrons. The molecule has 1 heterocycles. The molecule has 1 aromatic heterocycles. The van der Waals surface area contributed by atoms with E-state index in [-0.39, 0.29) is 11.9 Å². The van der Waals surface area contributed by atoms with E-state index in [1.165, 1.54) is 0 Å². The fourth-order valence-corrected chi connectivity index (χ4v) is 2.03. The molecule has 21 heavy (non-hydrogen) atoms. The van der Waals surface area contributed by atoms with Gasteiger partial charge in [0.25, 0.3) is 5.91 Å². The van der Waals surface area contributed by atoms with Crippen LogP contribution in [0.3, 0.4) is 0 Å². The Kier molecular flexibility index (Phi) is 4.07. The Bertz CT molecular complexity index is 671. The third kappa shape index (κ3) is 3.28. The van der Waals surface area contributed by atoms with Gasteiger partial charge in [0.2, 0.25) is 5.91 Å². The van der Waals surface area contributed by atoms with Crippen LogP contribution in [0.2, 0.25) is 0 Å². The first-order chi connectivity index (χ1) is 9.88. The maximum atomic E-state index is 12.1. The van der Waals surface area contributed by atoms with Gasteiger partial charge < -0.3 is 11.1 Å². The normalized spacial score (nSPS) is 10.7. The summed E-state index contributed by atoms with van der Waals surface area (Å²) >= 11 is 0. The van der Waals surface area contributed by atoms with Gasteiger partial charge in [-0.3, -0.25) is 14.3 Å². The lowest BCUT2D eigenvalue weighted by Crippen LogP contribution is -2.14. The Labute approximate surface area is 122 Å². The van der Waals surface area contributed by atoms with Gasteiger partial charge in [0, 0.05) is 23.0 Å². The zero-order valence-electron chi connectivity index (χ0n) is 12.3. The Hall–Kier alpha value is -2.63. The monoisotopic (exact) mass is 286 g/mol. The summed E-state index contributed by atoms with van der Waals surface area (Å²) in [6, 6.07) is 8.33. The molecule has 3 N–H and O–H groups in total. The number of primary amides is 1. The van der Waals surface area contributed by atoms with Crippen LogP contribution in [0.25, 0.3) is 0 Å². The first-order valence-electron chi connectivity index (χ1n) is 6.66. The minimum atomic E-state index is -0.501. The summed E-state index contributed by atoms with van der Waals surface area (Å²) in [4.78, 5) is 23.1. The van der Waals surface area contributed by atoms with Gasteiger partial charge >= 0.3 is 0 Å². The van der Waals surface area contributed by atoms with Crippen molar-refractivity contribution in [2.45, 2.75) is 26.8 Å². The second kappa shape index (κ2) is 5.78. The third-order valence-corrected chi connectivity index (χ3v) is 3.07. The van der Waals surface area contributed by atoms with Crippen molar-refractivity contribution in [3.63, 3.8) is 0 Å². The Morgan fingerprint density at radius 1 is 1.24 bits per heavy atom. The number of aromatic nitrogens is 2. The average molecular weight is 286 g/mol. The van der Waals surface area contributed by atoms with Gasteiger partial charge in [-0.2, -0.15) is 5.10 Å². The zero-order chi connectivity index (χ0) is 15.6. The molecule has 1 aromatic carbocycles. The Morgan fingerprint density at radius 2 is 1.86 bits per heavy atom. The van der Waals surface area contributed by atoms with Crippen molar-refractivity contribution in [2.24, 2.45) is 5.73 Å². The average Bonchev–Trinajstić information content (AvgIpc) is 2.81. The molecule has 2 aromatic rings. The molecule has 0 aliphatic heterocycles. The quantitative estimate of drug-likeness (QED) is 0.902. The summed E-state index contributed by atoms with van der Waals surface area (Å²) in [5, 5.41) is 7.02. The number of carbonyl (C=O) groups is 2. The standard InChI is InChI=1S/C15H18N4O2/c1-9(2)19-10(3)8-13(18-19)15(21)17-12-6-4-11(5-7-12)14(16)20/h4-9H,1-3H3,(H2,16,20)(H,17,21). The second-order valence-corrected chi connectivity index (χ2v) is 5.11. The number of aryl methyl sites for hydroxylation is 1. The summed E-state index contributed by atoms with van der Waals surface area (Å²) in [5.74, 6) is -0.788. The third-order valence-electron chi connectivity index (χ3n) is 3.07. The van der Waals surface area contributed by atoms with Crippen LogP contribution in [0.4, 0.5) is 5.69 Å². The van der Waals surface area contributed by atoms with Crippen LogP contribution in [0, 0.1) is 6.92 Å². The number of rotatable bonds is 4. The lowest BCUT2D eigenvalue weighted by atomic mass is 10.2. The predicted octanol–water partition coefficient (Wildman–Crippen LogP) is 2.12. The second-order valence-electron chi connectivity index (χ2n) is 5.11. The van der Waals surface area contributed by atoms with Gasteiger partial charge in [-0.25, -0.2) is 0 Å². The van der Waals surface area contributed by atoms with Crippen molar-refractivity contribution in [1.82, 2.24) is 9.78 Å². The summed E-state index contributed by atoms with van der Waals surface area (Å²) in [5.41, 5.74) is 7.44. The smallest absolute Gasteiger partial charge is 0.276 e. The molecule has 6 nitrogen and oxygen atoms in total. The molecule has 0 bridgehead atoms. The minimum Gasteiger partial charge on any atom is -0.366 e. The van der Waals surface area contributed by atoms with Crippen LogP contribution in [0.1, 0.15) is 46.4 Å². The molecule has 0 atom stereocenters. The molecule has 0 spiro atoms. The molecule has 6 heteroatoms. The van der Waals surface area contributed by atoms with Crippen molar-refractivity contribution in [3.8, 4) is 0 Å². The van der Waals surface area contributed by atoms with Gasteiger partial charge in [0.05, 0.1) is 0 Å². The van der Waals surface area contributed by atoms with Gasteiger partial charge in [0.15, 0.2) is 5.69 Å². The molecule has 0 fully saturated rings. The van der Waals surface area contributed by atoms with Gasteiger partial charge in [-0.05, 0) is 51.1 Å². The van der Waals surface area contributed by atoms with Gasteiger partial charge in [-0.15, -0.1) is 0 Å². The van der Waals surface area contributed by atoms with Gasteiger partial charge in [0.1, 0.15) is 0 Å². The number of nitrogens with zero attached hydrogens (tertiary/aromatic N) is 2. The molecular weight excluding hydrogens is 268 g/mol. The van der Waals surface area contributed by atoms with Crippen molar-refractivity contribution in [1.29, 1.82) is 0 Å². The highest BCUT2D eigenvalue weighted by molar-refractivity contribution is 6.03. The van der Waals surface area contributed by atoms with E-state index >= 15 is 0 Å². The van der Waals surface area contributed by atoms with E-state index in [0.29, 0.717) is 16.9 Å². The molecule has 0 aliphatic rings. The number of carbonyl (C=O) groups excluding carboxylic acids is 2. The Morgan fingerprint density at radius 3 is 2.33 bits per heavy atom. The van der Waals surface area contributed by atoms with Crippen LogP contribution in [0.5, 0.6) is 0 Å². The van der Waals surface area contributed by atoms with E-state index in [1.54, 1.807) is 35.0 Å². The summed E-state index contributed by atoms with van der Waals surface area (Å²) in [6.07, 6.45) is 0. The van der Waals surface area contributed by atoms with E-state index in [4.69, 9.17) is 5.73 Å². The molecule has 110 valence electrons. The first-order valence-corrected chi connectivity index (χ1v) is 6.66. The summed E-state index contributed by atoms with van der Waals surface area (Å²) in [7, 11) is 0. The largest absolute Gasteiger partial charge is 0.366 e. The molecule has 0 aliphatic carbocycles. The molecule has 2 rings (SSSR count). The van der Waals surface area contributed by atoms with Crippen molar-refractivity contribution in [3.05, 3.63) is 47.3 Å². The van der Waals surface area contributed by atoms with E-state index < -0.39 is 5.91 Å². The van der Waals surface area contributed by atoms with Crippen molar-refractivity contribution < 1.29 is 9.59 Å². The number of hydrogen-bond acceptors (Lipinski definition) is 3. The lowest BCUT2D eigenvalue weighted by molar-refractivity contribution is 0.0997. The highest BCUT2D eigenvalue weighted by atomic mass is 16.2. The molecule has 0 unspecified atom stereocenters. The highest BCUT2D eigenvalue weighted by Gasteiger charge is 2.14. The number of nitrogens with one attached hydrogen (secondary N) is 1. The lowest BCUT2D eigenvalue weighted by Gasteiger charge is -2.07. The first kappa shape index (κ1) is 14.8. The number of anilines is 1. The number of nitrogens with two attached hydrogens (primary N) is 1. The van der Waals surface area contributed by atoms with E-state index in [2.05, 4.69) is 10.4 Å². The summed E-state index contributed by atoms with van der Waals surface area (Å²) < 4.78 is 1.80. The number of benzene rings is 1. The maximum Gasteiger partial charge on any atom is 0.276 e. The van der Waals surface area contributed by atoms with Crippen molar-refractivity contribution >= 4 is 17.5 Å². The topological polar surface area (TPSA) is 90.0 Å². The molecule has 2 amide bonds. The highest BCUT2D eigenvalue weighted by Crippen LogP contribution is 2.13. The predicted molar refractivity (Wildman–Crippen MR) is 80.3 cm³/mol.